The van der Waals surface area contributed by atoms with Crippen molar-refractivity contribution in [1.29, 1.82) is 0 Å². The quantitative estimate of drug-likeness (QED) is 0.399. The summed E-state index contributed by atoms with van der Waals surface area (Å²) in [5.74, 6) is 0. The van der Waals surface area contributed by atoms with Crippen molar-refractivity contribution < 1.29 is 0 Å². The van der Waals surface area contributed by atoms with Crippen LogP contribution in [0.3, 0.4) is 0 Å². The monoisotopic (exact) mass is 296 g/mol. The first-order chi connectivity index (χ1) is 10.4. The topological polar surface area (TPSA) is 40.0 Å². The summed E-state index contributed by atoms with van der Waals surface area (Å²) in [4.78, 5) is 0. The molecule has 0 aromatic carbocycles. The van der Waals surface area contributed by atoms with E-state index in [1.54, 1.807) is 0 Å². The van der Waals surface area contributed by atoms with Gasteiger partial charge in [0, 0.05) is 6.54 Å². The molecule has 0 aromatic heterocycles. The molecule has 0 bridgehead atoms. The largest absolute Gasteiger partial charge is 0.220 e. The molecule has 0 radical (unpaired) electrons. The molecule has 21 heavy (non-hydrogen) atoms. The number of rotatable bonds is 15. The van der Waals surface area contributed by atoms with E-state index >= 15 is 0 Å². The van der Waals surface area contributed by atoms with Crippen molar-refractivity contribution in [1.82, 2.24) is 10.5 Å². The van der Waals surface area contributed by atoms with Crippen LogP contribution in [-0.4, -0.2) is 18.2 Å². The van der Waals surface area contributed by atoms with E-state index in [1.165, 1.54) is 89.9 Å². The highest BCUT2D eigenvalue weighted by atomic mass is 15.8. The number of unbranched alkanes of at least 4 members (excludes halogenated alkanes) is 13. The highest BCUT2D eigenvalue weighted by molar-refractivity contribution is 4.53. The Morgan fingerprint density at radius 1 is 0.714 bits per heavy atom. The van der Waals surface area contributed by atoms with Gasteiger partial charge in [-0.2, -0.15) is 10.1 Å². The average molecular weight is 297 g/mol. The van der Waals surface area contributed by atoms with E-state index in [4.69, 9.17) is 0 Å². The van der Waals surface area contributed by atoms with Gasteiger partial charge in [0.1, 0.15) is 6.67 Å². The third-order valence-electron chi connectivity index (χ3n) is 4.27. The second-order valence-corrected chi connectivity index (χ2v) is 6.34. The molecule has 4 nitrogen and oxygen atoms in total. The fourth-order valence-electron chi connectivity index (χ4n) is 2.85. The van der Waals surface area contributed by atoms with Crippen LogP contribution < -0.4 is 5.53 Å². The lowest BCUT2D eigenvalue weighted by atomic mass is 10.0. The summed E-state index contributed by atoms with van der Waals surface area (Å²) in [6, 6.07) is 0. The molecule has 0 aromatic rings. The van der Waals surface area contributed by atoms with Gasteiger partial charge < -0.3 is 0 Å². The smallest absolute Gasteiger partial charge is 0.133 e. The Morgan fingerprint density at radius 3 is 1.62 bits per heavy atom. The molecule has 1 heterocycles. The van der Waals surface area contributed by atoms with E-state index in [2.05, 4.69) is 27.8 Å². The molecule has 1 rings (SSSR count). The molecule has 124 valence electrons. The number of nitrogens with one attached hydrogen (secondary N) is 1. The Labute approximate surface area is 131 Å². The van der Waals surface area contributed by atoms with E-state index < -0.39 is 0 Å². The predicted octanol–water partition coefficient (Wildman–Crippen LogP) is 5.61. The van der Waals surface area contributed by atoms with Gasteiger partial charge in [-0.15, -0.1) is 0 Å². The second-order valence-electron chi connectivity index (χ2n) is 6.34. The molecule has 0 aliphatic carbocycles. The SMILES string of the molecule is CCCCCCCCCCCCCCCCN1CN=NN1. The van der Waals surface area contributed by atoms with Crippen LogP contribution in [0, 0.1) is 0 Å². The lowest BCUT2D eigenvalue weighted by Gasteiger charge is -2.11. The van der Waals surface area contributed by atoms with E-state index in [0.717, 1.165) is 13.2 Å². The van der Waals surface area contributed by atoms with Gasteiger partial charge in [-0.05, 0) is 6.42 Å². The fourth-order valence-corrected chi connectivity index (χ4v) is 2.85. The molecule has 0 saturated carbocycles. The van der Waals surface area contributed by atoms with Crippen LogP contribution >= 0.6 is 0 Å². The first kappa shape index (κ1) is 18.4. The summed E-state index contributed by atoms with van der Waals surface area (Å²) in [6.07, 6.45) is 19.8. The maximum Gasteiger partial charge on any atom is 0.133 e. The zero-order valence-corrected chi connectivity index (χ0v) is 14.2. The Balaban J connectivity index is 1.65. The lowest BCUT2D eigenvalue weighted by molar-refractivity contribution is 0.231. The lowest BCUT2D eigenvalue weighted by Crippen LogP contribution is -2.30. The maximum atomic E-state index is 3.89. The third-order valence-corrected chi connectivity index (χ3v) is 4.27. The van der Waals surface area contributed by atoms with Crippen LogP contribution in [0.5, 0.6) is 0 Å². The fraction of sp³-hybridized carbons (Fsp3) is 1.00. The van der Waals surface area contributed by atoms with Crippen LogP contribution in [0.4, 0.5) is 0 Å². The second kappa shape index (κ2) is 14.3. The van der Waals surface area contributed by atoms with Gasteiger partial charge in [0.2, 0.25) is 0 Å². The zero-order chi connectivity index (χ0) is 15.0. The van der Waals surface area contributed by atoms with Crippen LogP contribution in [0.1, 0.15) is 96.8 Å². The van der Waals surface area contributed by atoms with E-state index in [9.17, 15) is 0 Å². The third kappa shape index (κ3) is 11.7. The van der Waals surface area contributed by atoms with Crippen LogP contribution in [0.25, 0.3) is 0 Å². The molecule has 0 fully saturated rings. The number of hydrazine groups is 1. The summed E-state index contributed by atoms with van der Waals surface area (Å²) in [7, 11) is 0. The molecule has 1 N–H and O–H groups in total. The minimum absolute atomic E-state index is 0.721. The Kier molecular flexibility index (Phi) is 12.5. The Morgan fingerprint density at radius 2 is 1.19 bits per heavy atom. The molecule has 0 saturated heterocycles. The van der Waals surface area contributed by atoms with Gasteiger partial charge in [0.15, 0.2) is 0 Å². The molecule has 1 aliphatic rings. The van der Waals surface area contributed by atoms with E-state index in [0.29, 0.717) is 0 Å². The van der Waals surface area contributed by atoms with Gasteiger partial charge in [-0.1, -0.05) is 95.6 Å². The molecule has 0 atom stereocenters. The van der Waals surface area contributed by atoms with Crippen molar-refractivity contribution in [2.75, 3.05) is 13.2 Å². The standard InChI is InChI=1S/C17H36N4/c1-2-3-4-5-6-7-8-9-10-11-12-13-14-15-16-21-17-18-19-20-21/h2-17H2,1H3,(H,18,20). The number of nitrogens with zero attached hydrogens (tertiary/aromatic N) is 3. The van der Waals surface area contributed by atoms with Gasteiger partial charge in [-0.25, -0.2) is 5.53 Å². The van der Waals surface area contributed by atoms with Crippen molar-refractivity contribution in [2.45, 2.75) is 96.8 Å². The molecule has 0 spiro atoms. The summed E-state index contributed by atoms with van der Waals surface area (Å²) in [6.45, 7) is 4.08. The normalized spacial score (nSPS) is 14.7. The average Bonchev–Trinajstić information content (AvgIpc) is 3.01. The van der Waals surface area contributed by atoms with Crippen molar-refractivity contribution >= 4 is 0 Å². The van der Waals surface area contributed by atoms with Crippen molar-refractivity contribution in [3.8, 4) is 0 Å². The van der Waals surface area contributed by atoms with Gasteiger partial charge in [0.05, 0.1) is 0 Å². The zero-order valence-electron chi connectivity index (χ0n) is 14.2. The molecule has 4 heteroatoms. The highest BCUT2D eigenvalue weighted by Crippen LogP contribution is 2.13. The Bertz CT molecular complexity index is 235. The number of hydrogen-bond acceptors (Lipinski definition) is 4. The minimum Gasteiger partial charge on any atom is -0.220 e. The molecule has 1 aliphatic heterocycles. The summed E-state index contributed by atoms with van der Waals surface area (Å²) >= 11 is 0. The van der Waals surface area contributed by atoms with Gasteiger partial charge in [-0.3, -0.25) is 0 Å². The van der Waals surface area contributed by atoms with Crippen LogP contribution in [-0.2, 0) is 0 Å². The maximum absolute atomic E-state index is 3.89. The highest BCUT2D eigenvalue weighted by Gasteiger charge is 2.05. The summed E-state index contributed by atoms with van der Waals surface area (Å²) < 4.78 is 0. The van der Waals surface area contributed by atoms with Crippen molar-refractivity contribution in [3.63, 3.8) is 0 Å². The molecular formula is C17H36N4. The van der Waals surface area contributed by atoms with Gasteiger partial charge >= 0.3 is 0 Å². The first-order valence-corrected chi connectivity index (χ1v) is 9.30. The molecule has 0 unspecified atom stereocenters. The van der Waals surface area contributed by atoms with E-state index in [-0.39, 0.29) is 0 Å². The van der Waals surface area contributed by atoms with Crippen molar-refractivity contribution in [3.05, 3.63) is 0 Å². The van der Waals surface area contributed by atoms with Crippen molar-refractivity contribution in [2.24, 2.45) is 10.3 Å². The summed E-state index contributed by atoms with van der Waals surface area (Å²) in [5, 5.41) is 9.71. The van der Waals surface area contributed by atoms with Gasteiger partial charge in [0.25, 0.3) is 0 Å². The number of hydrogen-bond donors (Lipinski definition) is 1. The van der Waals surface area contributed by atoms with Crippen LogP contribution in [0.15, 0.2) is 10.3 Å². The van der Waals surface area contributed by atoms with Crippen LogP contribution in [0.2, 0.25) is 0 Å². The summed E-state index contributed by atoms with van der Waals surface area (Å²) in [5.41, 5.74) is 2.89. The predicted molar refractivity (Wildman–Crippen MR) is 89.9 cm³/mol. The molecule has 0 amide bonds. The Hall–Kier alpha value is -0.640. The van der Waals surface area contributed by atoms with E-state index in [1.807, 2.05) is 0 Å². The first-order valence-electron chi connectivity index (χ1n) is 9.30. The minimum atomic E-state index is 0.721. The molecular weight excluding hydrogens is 260 g/mol.